The number of carbonyl (C=O) groups is 1. The Morgan fingerprint density at radius 2 is 2.26 bits per heavy atom. The second-order valence-corrected chi connectivity index (χ2v) is 6.58. The molecule has 122 valence electrons. The summed E-state index contributed by atoms with van der Waals surface area (Å²) >= 11 is 6.10. The van der Waals surface area contributed by atoms with E-state index in [-0.39, 0.29) is 11.7 Å². The maximum Gasteiger partial charge on any atom is 0.275 e. The van der Waals surface area contributed by atoms with Crippen LogP contribution in [-0.4, -0.2) is 34.1 Å². The third-order valence-electron chi connectivity index (χ3n) is 4.39. The smallest absolute Gasteiger partial charge is 0.275 e. The van der Waals surface area contributed by atoms with Crippen LogP contribution >= 0.6 is 11.6 Å². The maximum atomic E-state index is 13.3. The van der Waals surface area contributed by atoms with Crippen LogP contribution in [0.4, 0.5) is 4.39 Å². The lowest BCUT2D eigenvalue weighted by molar-refractivity contribution is 0.0781. The predicted octanol–water partition coefficient (Wildman–Crippen LogP) is 3.52. The van der Waals surface area contributed by atoms with Gasteiger partial charge in [-0.3, -0.25) is 9.89 Å². The molecule has 1 unspecified atom stereocenters. The van der Waals surface area contributed by atoms with Crippen molar-refractivity contribution in [2.24, 2.45) is 5.92 Å². The lowest BCUT2D eigenvalue weighted by atomic mass is 9.97. The number of likely N-dealkylation sites (tertiary alicyclic amines) is 1. The third-order valence-corrected chi connectivity index (χ3v) is 4.86. The average molecular weight is 336 g/mol. The van der Waals surface area contributed by atoms with Crippen LogP contribution in [0, 0.1) is 25.6 Å². The number of aromatic nitrogens is 2. The van der Waals surface area contributed by atoms with Gasteiger partial charge in [0.2, 0.25) is 0 Å². The minimum Gasteiger partial charge on any atom is -0.337 e. The molecule has 1 aliphatic rings. The summed E-state index contributed by atoms with van der Waals surface area (Å²) in [5.41, 5.74) is 2.76. The summed E-state index contributed by atoms with van der Waals surface area (Å²) in [7, 11) is 0. The van der Waals surface area contributed by atoms with Crippen molar-refractivity contribution >= 4 is 17.5 Å². The summed E-state index contributed by atoms with van der Waals surface area (Å²) in [4.78, 5) is 14.3. The lowest BCUT2D eigenvalue weighted by Crippen LogP contribution is -2.29. The predicted molar refractivity (Wildman–Crippen MR) is 87.2 cm³/mol. The van der Waals surface area contributed by atoms with Gasteiger partial charge in [0.15, 0.2) is 5.69 Å². The average Bonchev–Trinajstić information content (AvgIpc) is 3.11. The number of hydrogen-bond acceptors (Lipinski definition) is 2. The fourth-order valence-electron chi connectivity index (χ4n) is 3.06. The van der Waals surface area contributed by atoms with Crippen molar-refractivity contribution in [3.05, 3.63) is 51.6 Å². The highest BCUT2D eigenvalue weighted by atomic mass is 35.5. The molecule has 1 aliphatic heterocycles. The molecule has 0 bridgehead atoms. The van der Waals surface area contributed by atoms with Crippen LogP contribution in [0.25, 0.3) is 0 Å². The first kappa shape index (κ1) is 16.0. The lowest BCUT2D eigenvalue weighted by Gasteiger charge is -2.15. The Hall–Kier alpha value is -1.88. The van der Waals surface area contributed by atoms with Gasteiger partial charge in [0.05, 0.1) is 10.7 Å². The minimum absolute atomic E-state index is 0.128. The van der Waals surface area contributed by atoms with E-state index in [1.165, 1.54) is 6.07 Å². The molecule has 0 aliphatic carbocycles. The number of halogens is 2. The summed E-state index contributed by atoms with van der Waals surface area (Å²) in [6, 6.07) is 5.21. The van der Waals surface area contributed by atoms with Gasteiger partial charge in [-0.15, -0.1) is 0 Å². The Morgan fingerprint density at radius 3 is 2.91 bits per heavy atom. The number of amides is 1. The zero-order valence-corrected chi connectivity index (χ0v) is 14.0. The van der Waals surface area contributed by atoms with Crippen molar-refractivity contribution < 1.29 is 9.18 Å². The zero-order valence-electron chi connectivity index (χ0n) is 13.2. The highest BCUT2D eigenvalue weighted by molar-refractivity contribution is 6.34. The van der Waals surface area contributed by atoms with Gasteiger partial charge in [0.1, 0.15) is 5.82 Å². The normalized spacial score (nSPS) is 17.7. The van der Waals surface area contributed by atoms with Crippen LogP contribution in [-0.2, 0) is 6.42 Å². The summed E-state index contributed by atoms with van der Waals surface area (Å²) in [5.74, 6) is 0.0697. The number of aryl methyl sites for hydroxylation is 2. The van der Waals surface area contributed by atoms with E-state index in [0.29, 0.717) is 41.0 Å². The number of nitrogens with zero attached hydrogens (tertiary/aromatic N) is 2. The first-order valence-corrected chi connectivity index (χ1v) is 8.08. The van der Waals surface area contributed by atoms with Gasteiger partial charge in [-0.1, -0.05) is 23.7 Å². The van der Waals surface area contributed by atoms with Crippen LogP contribution in [0.5, 0.6) is 0 Å². The van der Waals surface area contributed by atoms with Crippen LogP contribution in [0.2, 0.25) is 5.02 Å². The van der Waals surface area contributed by atoms with E-state index in [1.807, 2.05) is 12.1 Å². The number of aromatic amines is 1. The molecule has 4 nitrogen and oxygen atoms in total. The van der Waals surface area contributed by atoms with E-state index in [1.54, 1.807) is 18.7 Å². The molecule has 0 radical (unpaired) electrons. The second kappa shape index (κ2) is 6.32. The summed E-state index contributed by atoms with van der Waals surface area (Å²) in [5, 5.41) is 7.14. The first-order valence-electron chi connectivity index (χ1n) is 7.70. The van der Waals surface area contributed by atoms with Gasteiger partial charge in [0.25, 0.3) is 5.91 Å². The molecule has 2 aromatic rings. The zero-order chi connectivity index (χ0) is 16.6. The van der Waals surface area contributed by atoms with Crippen molar-refractivity contribution in [3.8, 4) is 0 Å². The Kier molecular flexibility index (Phi) is 4.39. The van der Waals surface area contributed by atoms with Crippen molar-refractivity contribution in [2.75, 3.05) is 13.1 Å². The van der Waals surface area contributed by atoms with E-state index < -0.39 is 0 Å². The first-order chi connectivity index (χ1) is 11.0. The molecule has 2 heterocycles. The number of hydrogen-bond donors (Lipinski definition) is 1. The number of carbonyl (C=O) groups excluding carboxylic acids is 1. The topological polar surface area (TPSA) is 49.0 Å². The molecule has 1 amide bonds. The molecule has 1 saturated heterocycles. The number of nitrogens with one attached hydrogen (secondary N) is 1. The molecule has 3 rings (SSSR count). The number of H-pyrrole nitrogens is 1. The van der Waals surface area contributed by atoms with E-state index >= 15 is 0 Å². The third kappa shape index (κ3) is 3.24. The highest BCUT2D eigenvalue weighted by Gasteiger charge is 2.29. The van der Waals surface area contributed by atoms with Gasteiger partial charge in [0, 0.05) is 13.1 Å². The van der Waals surface area contributed by atoms with Crippen molar-refractivity contribution in [3.63, 3.8) is 0 Å². The molecule has 1 fully saturated rings. The van der Waals surface area contributed by atoms with Crippen molar-refractivity contribution in [2.45, 2.75) is 26.7 Å². The van der Waals surface area contributed by atoms with E-state index in [2.05, 4.69) is 10.2 Å². The van der Waals surface area contributed by atoms with Crippen LogP contribution in [0.1, 0.15) is 33.7 Å². The molecule has 1 aromatic heterocycles. The van der Waals surface area contributed by atoms with Crippen LogP contribution in [0.15, 0.2) is 18.2 Å². The van der Waals surface area contributed by atoms with E-state index in [9.17, 15) is 9.18 Å². The molecule has 1 aromatic carbocycles. The fraction of sp³-hybridized carbons (Fsp3) is 0.412. The molecule has 23 heavy (non-hydrogen) atoms. The van der Waals surface area contributed by atoms with Crippen LogP contribution < -0.4 is 0 Å². The summed E-state index contributed by atoms with van der Waals surface area (Å²) in [6.45, 7) is 4.93. The van der Waals surface area contributed by atoms with Gasteiger partial charge in [-0.05, 0) is 49.8 Å². The minimum atomic E-state index is -0.180. The van der Waals surface area contributed by atoms with Gasteiger partial charge in [-0.25, -0.2) is 4.39 Å². The molecule has 0 spiro atoms. The van der Waals surface area contributed by atoms with Gasteiger partial charge < -0.3 is 4.90 Å². The van der Waals surface area contributed by atoms with E-state index in [4.69, 9.17) is 11.6 Å². The number of benzene rings is 1. The Labute approximate surface area is 139 Å². The van der Waals surface area contributed by atoms with Crippen molar-refractivity contribution in [1.82, 2.24) is 15.1 Å². The molecule has 0 saturated carbocycles. The number of rotatable bonds is 3. The van der Waals surface area contributed by atoms with Crippen LogP contribution in [0.3, 0.4) is 0 Å². The van der Waals surface area contributed by atoms with E-state index in [0.717, 1.165) is 18.4 Å². The fourth-order valence-corrected chi connectivity index (χ4v) is 3.22. The quantitative estimate of drug-likeness (QED) is 0.933. The second-order valence-electron chi connectivity index (χ2n) is 6.20. The highest BCUT2D eigenvalue weighted by Crippen LogP contribution is 2.25. The van der Waals surface area contributed by atoms with Gasteiger partial charge >= 0.3 is 0 Å². The van der Waals surface area contributed by atoms with Crippen molar-refractivity contribution in [1.29, 1.82) is 0 Å². The molecule has 1 atom stereocenters. The van der Waals surface area contributed by atoms with Gasteiger partial charge in [-0.2, -0.15) is 5.10 Å². The SMILES string of the molecule is Cc1cc(CC2CCN(C(=O)c3n[nH]c(C)c3Cl)C2)ccc1F. The molecular formula is C17H19ClFN3O. The molecule has 6 heteroatoms. The standard InChI is InChI=1S/C17H19ClFN3O/c1-10-7-12(3-4-14(10)19)8-13-5-6-22(9-13)17(23)16-15(18)11(2)20-21-16/h3-4,7,13H,5-6,8-9H2,1-2H3,(H,20,21). The largest absolute Gasteiger partial charge is 0.337 e. The molecule has 1 N–H and O–H groups in total. The Balaban J connectivity index is 1.65. The summed E-state index contributed by atoms with van der Waals surface area (Å²) in [6.07, 6.45) is 1.78. The molecular weight excluding hydrogens is 317 g/mol. The Morgan fingerprint density at radius 1 is 1.48 bits per heavy atom. The monoisotopic (exact) mass is 335 g/mol. The maximum absolute atomic E-state index is 13.3. The Bertz CT molecular complexity index is 743. The summed E-state index contributed by atoms with van der Waals surface area (Å²) < 4.78 is 13.3.